The van der Waals surface area contributed by atoms with E-state index >= 15 is 0 Å². The van der Waals surface area contributed by atoms with E-state index in [2.05, 4.69) is 51.9 Å². The summed E-state index contributed by atoms with van der Waals surface area (Å²) >= 11 is 0. The number of hydrogen-bond acceptors (Lipinski definition) is 2. The molecule has 114 valence electrons. The predicted octanol–water partition coefficient (Wildman–Crippen LogP) is 3.91. The van der Waals surface area contributed by atoms with E-state index in [0.29, 0.717) is 0 Å². The molecule has 1 fully saturated rings. The molecule has 0 saturated heterocycles. The molecular weight excluding hydrogens is 232 g/mol. The Labute approximate surface area is 121 Å². The SMILES string of the molecule is CCC1CCC(N(C)CC(C)CNC(C)(C)C)CC1. The molecule has 0 radical (unpaired) electrons. The Kier molecular flexibility index (Phi) is 6.82. The van der Waals surface area contributed by atoms with Crippen LogP contribution in [0, 0.1) is 11.8 Å². The second-order valence-electron chi connectivity index (χ2n) is 7.76. The quantitative estimate of drug-likeness (QED) is 0.785. The van der Waals surface area contributed by atoms with Gasteiger partial charge in [0.25, 0.3) is 0 Å². The summed E-state index contributed by atoms with van der Waals surface area (Å²) in [5.41, 5.74) is 0.242. The normalized spacial score (nSPS) is 26.7. The van der Waals surface area contributed by atoms with Crippen molar-refractivity contribution < 1.29 is 0 Å². The summed E-state index contributed by atoms with van der Waals surface area (Å²) in [5, 5.41) is 3.62. The van der Waals surface area contributed by atoms with Crippen LogP contribution in [0.15, 0.2) is 0 Å². The summed E-state index contributed by atoms with van der Waals surface area (Å²) < 4.78 is 0. The maximum Gasteiger partial charge on any atom is 0.00966 e. The Morgan fingerprint density at radius 1 is 1.16 bits per heavy atom. The van der Waals surface area contributed by atoms with E-state index in [-0.39, 0.29) is 5.54 Å². The minimum atomic E-state index is 0.242. The molecule has 1 unspecified atom stereocenters. The van der Waals surface area contributed by atoms with Crippen LogP contribution < -0.4 is 5.32 Å². The highest BCUT2D eigenvalue weighted by Crippen LogP contribution is 2.29. The van der Waals surface area contributed by atoms with E-state index < -0.39 is 0 Å². The van der Waals surface area contributed by atoms with Gasteiger partial charge in [0, 0.05) is 18.1 Å². The van der Waals surface area contributed by atoms with Crippen molar-refractivity contribution in [3.05, 3.63) is 0 Å². The summed E-state index contributed by atoms with van der Waals surface area (Å²) in [6, 6.07) is 0.833. The first-order chi connectivity index (χ1) is 8.81. The van der Waals surface area contributed by atoms with Gasteiger partial charge in [-0.25, -0.2) is 0 Å². The molecule has 1 aliphatic rings. The van der Waals surface area contributed by atoms with Crippen LogP contribution in [0.5, 0.6) is 0 Å². The molecule has 1 N–H and O–H groups in total. The molecule has 0 aliphatic heterocycles. The van der Waals surface area contributed by atoms with Crippen molar-refractivity contribution in [2.75, 3.05) is 20.1 Å². The molecule has 0 amide bonds. The van der Waals surface area contributed by atoms with Gasteiger partial charge in [0.1, 0.15) is 0 Å². The highest BCUT2D eigenvalue weighted by molar-refractivity contribution is 4.79. The topological polar surface area (TPSA) is 15.3 Å². The fraction of sp³-hybridized carbons (Fsp3) is 1.00. The van der Waals surface area contributed by atoms with Gasteiger partial charge in [0.15, 0.2) is 0 Å². The first-order valence-corrected chi connectivity index (χ1v) is 8.27. The third kappa shape index (κ3) is 6.76. The monoisotopic (exact) mass is 268 g/mol. The van der Waals surface area contributed by atoms with E-state index in [1.807, 2.05) is 0 Å². The van der Waals surface area contributed by atoms with Gasteiger partial charge >= 0.3 is 0 Å². The van der Waals surface area contributed by atoms with Gasteiger partial charge in [-0.15, -0.1) is 0 Å². The van der Waals surface area contributed by atoms with Crippen LogP contribution in [0.3, 0.4) is 0 Å². The lowest BCUT2D eigenvalue weighted by Gasteiger charge is -2.36. The van der Waals surface area contributed by atoms with Crippen molar-refractivity contribution in [2.24, 2.45) is 11.8 Å². The van der Waals surface area contributed by atoms with Crippen molar-refractivity contribution in [1.82, 2.24) is 10.2 Å². The van der Waals surface area contributed by atoms with E-state index in [1.165, 1.54) is 38.6 Å². The molecule has 1 saturated carbocycles. The maximum atomic E-state index is 3.62. The highest BCUT2D eigenvalue weighted by atomic mass is 15.1. The molecule has 2 nitrogen and oxygen atoms in total. The second kappa shape index (κ2) is 7.64. The van der Waals surface area contributed by atoms with Gasteiger partial charge in [-0.1, -0.05) is 20.3 Å². The molecule has 0 heterocycles. The molecule has 1 aliphatic carbocycles. The van der Waals surface area contributed by atoms with Crippen molar-refractivity contribution in [1.29, 1.82) is 0 Å². The van der Waals surface area contributed by atoms with Gasteiger partial charge in [0.05, 0.1) is 0 Å². The third-order valence-corrected chi connectivity index (χ3v) is 4.60. The Balaban J connectivity index is 2.25. The van der Waals surface area contributed by atoms with Gasteiger partial charge < -0.3 is 10.2 Å². The average molecular weight is 268 g/mol. The van der Waals surface area contributed by atoms with E-state index in [9.17, 15) is 0 Å². The lowest BCUT2D eigenvalue weighted by atomic mass is 9.84. The molecular formula is C17H36N2. The van der Waals surface area contributed by atoms with Crippen LogP contribution in [0.25, 0.3) is 0 Å². The molecule has 0 aromatic rings. The van der Waals surface area contributed by atoms with E-state index in [1.54, 1.807) is 0 Å². The Hall–Kier alpha value is -0.0800. The first kappa shape index (κ1) is 17.0. The summed E-state index contributed by atoms with van der Waals surface area (Å²) in [5.74, 6) is 1.73. The van der Waals surface area contributed by atoms with Gasteiger partial charge in [-0.2, -0.15) is 0 Å². The lowest BCUT2D eigenvalue weighted by molar-refractivity contribution is 0.145. The summed E-state index contributed by atoms with van der Waals surface area (Å²) in [7, 11) is 2.32. The molecule has 19 heavy (non-hydrogen) atoms. The van der Waals surface area contributed by atoms with E-state index in [0.717, 1.165) is 24.4 Å². The van der Waals surface area contributed by atoms with Gasteiger partial charge in [-0.05, 0) is 71.9 Å². The van der Waals surface area contributed by atoms with Crippen LogP contribution in [0.4, 0.5) is 0 Å². The molecule has 0 aromatic heterocycles. The minimum Gasteiger partial charge on any atom is -0.312 e. The molecule has 1 atom stereocenters. The van der Waals surface area contributed by atoms with Crippen LogP contribution in [0.1, 0.15) is 66.7 Å². The second-order valence-corrected chi connectivity index (χ2v) is 7.76. The van der Waals surface area contributed by atoms with Gasteiger partial charge in [0.2, 0.25) is 0 Å². The molecule has 0 aromatic carbocycles. The standard InChI is InChI=1S/C17H36N2/c1-7-15-8-10-16(11-9-15)19(6)13-14(2)12-18-17(3,4)5/h14-16,18H,7-13H2,1-6H3. The zero-order valence-corrected chi connectivity index (χ0v) is 14.1. The molecule has 0 bridgehead atoms. The summed E-state index contributed by atoms with van der Waals surface area (Å²) in [6.07, 6.45) is 7.09. The number of nitrogens with zero attached hydrogens (tertiary/aromatic N) is 1. The van der Waals surface area contributed by atoms with Crippen LogP contribution in [0.2, 0.25) is 0 Å². The summed E-state index contributed by atoms with van der Waals surface area (Å²) in [6.45, 7) is 13.8. The number of rotatable bonds is 6. The Bertz CT molecular complexity index is 236. The molecule has 2 heteroatoms. The van der Waals surface area contributed by atoms with Crippen LogP contribution in [-0.2, 0) is 0 Å². The zero-order valence-electron chi connectivity index (χ0n) is 14.1. The largest absolute Gasteiger partial charge is 0.312 e. The zero-order chi connectivity index (χ0) is 14.5. The Morgan fingerprint density at radius 2 is 1.74 bits per heavy atom. The minimum absolute atomic E-state index is 0.242. The maximum absolute atomic E-state index is 3.62. The summed E-state index contributed by atoms with van der Waals surface area (Å²) in [4.78, 5) is 2.61. The number of hydrogen-bond donors (Lipinski definition) is 1. The third-order valence-electron chi connectivity index (χ3n) is 4.60. The Morgan fingerprint density at radius 3 is 2.21 bits per heavy atom. The lowest BCUT2D eigenvalue weighted by Crippen LogP contribution is -2.43. The van der Waals surface area contributed by atoms with Crippen LogP contribution in [-0.4, -0.2) is 36.6 Å². The van der Waals surface area contributed by atoms with Crippen molar-refractivity contribution in [3.63, 3.8) is 0 Å². The molecule has 1 rings (SSSR count). The van der Waals surface area contributed by atoms with Crippen LogP contribution >= 0.6 is 0 Å². The smallest absolute Gasteiger partial charge is 0.00966 e. The highest BCUT2D eigenvalue weighted by Gasteiger charge is 2.24. The number of nitrogens with one attached hydrogen (secondary N) is 1. The van der Waals surface area contributed by atoms with Crippen molar-refractivity contribution in [3.8, 4) is 0 Å². The van der Waals surface area contributed by atoms with Gasteiger partial charge in [-0.3, -0.25) is 0 Å². The van der Waals surface area contributed by atoms with Crippen molar-refractivity contribution >= 4 is 0 Å². The first-order valence-electron chi connectivity index (χ1n) is 8.27. The average Bonchev–Trinajstić information content (AvgIpc) is 2.35. The fourth-order valence-corrected chi connectivity index (χ4v) is 3.18. The van der Waals surface area contributed by atoms with Crippen molar-refractivity contribution in [2.45, 2.75) is 78.3 Å². The molecule has 0 spiro atoms. The van der Waals surface area contributed by atoms with E-state index in [4.69, 9.17) is 0 Å². The fourth-order valence-electron chi connectivity index (χ4n) is 3.18. The predicted molar refractivity (Wildman–Crippen MR) is 85.6 cm³/mol.